The lowest BCUT2D eigenvalue weighted by Gasteiger charge is -2.36. The van der Waals surface area contributed by atoms with E-state index in [-0.39, 0.29) is 70.4 Å². The van der Waals surface area contributed by atoms with Gasteiger partial charge in [0.1, 0.15) is 66.2 Å². The molecule has 14 N–H and O–H groups in total. The summed E-state index contributed by atoms with van der Waals surface area (Å²) >= 11 is 0. The van der Waals surface area contributed by atoms with Gasteiger partial charge in [-0.05, 0) is 126 Å². The Balaban J connectivity index is 1.75. The number of ether oxygens (including phenoxy) is 4. The van der Waals surface area contributed by atoms with Gasteiger partial charge >= 0.3 is 17.9 Å². The number of amides is 13. The number of hydrogen-bond donors (Lipinski definition) is 11. The van der Waals surface area contributed by atoms with Gasteiger partial charge in [-0.2, -0.15) is 0 Å². The maximum Gasteiger partial charge on any atom is 0.329 e. The molecular weight excluding hydrogens is 1530 g/mol. The van der Waals surface area contributed by atoms with Crippen molar-refractivity contribution in [2.24, 2.45) is 46.8 Å². The second kappa shape index (κ2) is 48.9. The van der Waals surface area contributed by atoms with Crippen molar-refractivity contribution in [3.63, 3.8) is 0 Å². The number of unbranched alkanes of at least 4 members (excludes halogenated alkanes) is 4. The van der Waals surface area contributed by atoms with Gasteiger partial charge in [-0.25, -0.2) is 9.59 Å². The summed E-state index contributed by atoms with van der Waals surface area (Å²) in [6, 6.07) is -8.51. The topological polar surface area (TPSA) is 531 Å². The fraction of sp³-hybridized carbons (Fsp3) is 0.720. The fourth-order valence-electron chi connectivity index (χ4n) is 14.6. The summed E-state index contributed by atoms with van der Waals surface area (Å²) in [6.07, 6.45) is -6.53. The first-order valence-corrected chi connectivity index (χ1v) is 41.4. The minimum absolute atomic E-state index is 0.00717. The van der Waals surface area contributed by atoms with Crippen LogP contribution in [0.1, 0.15) is 223 Å². The number of hydrogen-bond acceptors (Lipinski definition) is 23. The van der Waals surface area contributed by atoms with Crippen molar-refractivity contribution >= 4 is 100 Å². The third kappa shape index (κ3) is 31.1. The van der Waals surface area contributed by atoms with Crippen molar-refractivity contribution in [2.75, 3.05) is 34.3 Å². The first-order chi connectivity index (χ1) is 55.5. The SMILES string of the molecule is CCCCCCC[C@@H](O)CC(=O)NC(CCC(N)=O)C(=O)NC(CCC(N)=O)C(=O)NC(CCC(N)=O)C(=O)OC(C)C(=O)N1CCCC1C(=O)N(C)[C@H](CC(C)C)C(=O)N[C@@H]1C(=O)N[C@@H]([C@@H](C)CC)[C@@H](O)CC(=O)O[C@@H](C(C)C)C(=O)[C@H](C)C(=O)N[C@@H](CC(C)C)C(=O)N2CCC[C@H]2C(=O)N(C)[C@@H](Cc2ccc(OC)cc2)C(=O)O[C@@H]1C. The van der Waals surface area contributed by atoms with Crippen molar-refractivity contribution in [1.82, 2.24) is 51.5 Å². The highest BCUT2D eigenvalue weighted by Gasteiger charge is 2.47. The van der Waals surface area contributed by atoms with Crippen molar-refractivity contribution < 1.29 is 111 Å². The molecule has 0 aliphatic carbocycles. The summed E-state index contributed by atoms with van der Waals surface area (Å²) in [5, 5.41) is 38.1. The second-order valence-corrected chi connectivity index (χ2v) is 32.7. The molecule has 3 heterocycles. The van der Waals surface area contributed by atoms with E-state index < -0.39 is 260 Å². The minimum atomic E-state index is -1.93. The van der Waals surface area contributed by atoms with Gasteiger partial charge in [-0.15, -0.1) is 0 Å². The molecule has 17 atom stereocenters. The molecule has 1 aromatic rings. The lowest BCUT2D eigenvalue weighted by Crippen LogP contribution is -2.62. The Bertz CT molecular complexity index is 3640. The molecule has 5 unspecified atom stereocenters. The first kappa shape index (κ1) is 100. The fourth-order valence-corrected chi connectivity index (χ4v) is 14.6. The average molecular weight is 1670 g/mol. The molecule has 0 radical (unpaired) electrons. The van der Waals surface area contributed by atoms with E-state index in [4.69, 9.17) is 36.1 Å². The zero-order valence-corrected chi connectivity index (χ0v) is 71.3. The number of likely N-dealkylation sites (N-methyl/N-ethyl adjacent to an activating group) is 2. The summed E-state index contributed by atoms with van der Waals surface area (Å²) in [7, 11) is 4.09. The Morgan fingerprint density at radius 3 is 1.83 bits per heavy atom. The van der Waals surface area contributed by atoms with Crippen LogP contribution in [-0.2, 0) is 102 Å². The predicted octanol–water partition coefficient (Wildman–Crippen LogP) is 1.23. The maximum absolute atomic E-state index is 15.4. The van der Waals surface area contributed by atoms with Crippen molar-refractivity contribution in [2.45, 2.75) is 315 Å². The summed E-state index contributed by atoms with van der Waals surface area (Å²) in [6.45, 7) is 19.4. The van der Waals surface area contributed by atoms with E-state index in [1.165, 1.54) is 46.9 Å². The molecule has 3 saturated heterocycles. The minimum Gasteiger partial charge on any atom is -0.497 e. The van der Waals surface area contributed by atoms with E-state index in [2.05, 4.69) is 31.9 Å². The normalized spacial score (nSPS) is 23.2. The molecule has 1 aromatic carbocycles. The molecule has 0 bridgehead atoms. The van der Waals surface area contributed by atoms with Gasteiger partial charge in [-0.1, -0.05) is 113 Å². The molecule has 0 saturated carbocycles. The number of carbonyl (C=O) groups is 17. The summed E-state index contributed by atoms with van der Waals surface area (Å²) in [4.78, 5) is 245. The van der Waals surface area contributed by atoms with Crippen molar-refractivity contribution in [1.29, 1.82) is 0 Å². The van der Waals surface area contributed by atoms with Crippen LogP contribution in [0.25, 0.3) is 0 Å². The number of nitrogens with zero attached hydrogens (tertiary/aromatic N) is 4. The molecule has 4 rings (SSSR count). The Hall–Kier alpha value is -9.87. The van der Waals surface area contributed by atoms with Crippen LogP contribution in [0.15, 0.2) is 24.3 Å². The lowest BCUT2D eigenvalue weighted by atomic mass is 9.91. The third-order valence-corrected chi connectivity index (χ3v) is 21.8. The van der Waals surface area contributed by atoms with Crippen LogP contribution in [0.4, 0.5) is 0 Å². The number of esters is 3. The standard InChI is InChI=1S/C82H131N13O23/c1-16-18-19-20-21-24-52(96)42-66(101)86-54(31-34-63(83)98)73(105)87-55(32-35-64(84)99)74(106)88-56(33-36-65(85)100)81(113)117-50(12)77(109)94-37-22-25-58(94)79(111)92(13)60(40-45(5)6)75(107)91-69-49(11)116-82(114)61(41-51-27-29-53(115-15)30-28-51)93(14)80(112)59-26-23-38-95(59)78(110)57(39-44(3)4)89-72(104)48(10)70(103)71(46(7)8)118-67(102)43-62(97)68(47(9)17-2)90-76(69)108/h27-30,44-50,52,54-62,68-69,71,96-97H,16-26,31-43H2,1-15H3,(H2,83,98)(H2,84,99)(H2,85,100)(H,86,101)(H,87,105)(H,88,106)(H,89,104)(H,90,108)(H,91,107)/t47-,48-,49+,50?,52+,54?,55?,56?,57-,58?,59-,60+,61-,62-,68-,69-,71-/m0/s1. The van der Waals surface area contributed by atoms with Gasteiger partial charge in [0.25, 0.3) is 5.91 Å². The summed E-state index contributed by atoms with van der Waals surface area (Å²) in [5.41, 5.74) is 16.8. The Labute approximate surface area is 691 Å². The van der Waals surface area contributed by atoms with Gasteiger partial charge < -0.3 is 97.9 Å². The van der Waals surface area contributed by atoms with E-state index in [0.717, 1.165) is 40.4 Å². The number of benzene rings is 1. The number of cyclic esters (lactones) is 2. The van der Waals surface area contributed by atoms with Crippen molar-refractivity contribution in [3.8, 4) is 5.75 Å². The van der Waals surface area contributed by atoms with Gasteiger partial charge in [0, 0.05) is 52.9 Å². The van der Waals surface area contributed by atoms with E-state index in [1.807, 2.05) is 20.8 Å². The molecule has 3 aliphatic heterocycles. The van der Waals surface area contributed by atoms with Crippen LogP contribution in [0, 0.1) is 29.6 Å². The number of aliphatic hydroxyl groups excluding tert-OH is 2. The molecule has 0 aromatic heterocycles. The van der Waals surface area contributed by atoms with Crippen LogP contribution in [0.2, 0.25) is 0 Å². The number of Topliss-reactive ketones (excluding diaryl/α,β-unsaturated/α-hetero) is 1. The number of rotatable bonds is 39. The highest BCUT2D eigenvalue weighted by atomic mass is 16.6. The molecule has 0 spiro atoms. The number of aliphatic hydroxyl groups is 2. The maximum atomic E-state index is 15.4. The molecular formula is C82H131N13O23. The van der Waals surface area contributed by atoms with Crippen LogP contribution in [0.5, 0.6) is 5.75 Å². The Kier molecular flexibility index (Phi) is 41.6. The highest BCUT2D eigenvalue weighted by Crippen LogP contribution is 2.29. The zero-order valence-electron chi connectivity index (χ0n) is 71.3. The quantitative estimate of drug-likeness (QED) is 0.0191. The Morgan fingerprint density at radius 2 is 1.27 bits per heavy atom. The molecule has 3 fully saturated rings. The van der Waals surface area contributed by atoms with Crippen molar-refractivity contribution in [3.05, 3.63) is 29.8 Å². The number of primary amides is 3. The first-order valence-electron chi connectivity index (χ1n) is 41.4. The second-order valence-electron chi connectivity index (χ2n) is 32.7. The number of carbonyl (C=O) groups excluding carboxylic acids is 17. The molecule has 13 amide bonds. The molecule has 36 heteroatoms. The van der Waals surface area contributed by atoms with Gasteiger partial charge in [0.15, 0.2) is 18.0 Å². The van der Waals surface area contributed by atoms with E-state index in [1.54, 1.807) is 65.8 Å². The molecule has 118 heavy (non-hydrogen) atoms. The smallest absolute Gasteiger partial charge is 0.329 e. The number of methoxy groups -OCH3 is 1. The van der Waals surface area contributed by atoms with E-state index in [9.17, 15) is 67.7 Å². The average Bonchev–Trinajstić information content (AvgIpc) is 1.61. The largest absolute Gasteiger partial charge is 0.497 e. The van der Waals surface area contributed by atoms with E-state index >= 15 is 24.0 Å². The highest BCUT2D eigenvalue weighted by molar-refractivity contribution is 6.05. The molecule has 36 nitrogen and oxygen atoms in total. The predicted molar refractivity (Wildman–Crippen MR) is 429 cm³/mol. The number of nitrogens with two attached hydrogens (primary N) is 3. The van der Waals surface area contributed by atoms with Gasteiger partial charge in [-0.3, -0.25) is 71.9 Å². The number of fused-ring (bicyclic) bond motifs is 1. The van der Waals surface area contributed by atoms with Crippen LogP contribution < -0.4 is 53.8 Å². The number of ketones is 1. The number of nitrogens with one attached hydrogen (secondary N) is 6. The van der Waals surface area contributed by atoms with E-state index in [0.29, 0.717) is 30.6 Å². The third-order valence-electron chi connectivity index (χ3n) is 21.8. The van der Waals surface area contributed by atoms with Gasteiger partial charge in [0.2, 0.25) is 70.9 Å². The molecule has 3 aliphatic rings. The lowest BCUT2D eigenvalue weighted by molar-refractivity contribution is -0.163. The number of likely N-dealkylation sites (tertiary alicyclic amines) is 1. The Morgan fingerprint density at radius 1 is 0.695 bits per heavy atom. The summed E-state index contributed by atoms with van der Waals surface area (Å²) < 4.78 is 23.0. The zero-order chi connectivity index (χ0) is 88.7. The van der Waals surface area contributed by atoms with Crippen LogP contribution in [-0.4, -0.2) is 256 Å². The van der Waals surface area contributed by atoms with Gasteiger partial charge in [0.05, 0.1) is 44.1 Å². The van der Waals surface area contributed by atoms with Crippen LogP contribution in [0.3, 0.4) is 0 Å². The molecule has 662 valence electrons. The monoisotopic (exact) mass is 1670 g/mol. The van der Waals surface area contributed by atoms with Crippen LogP contribution >= 0.6 is 0 Å². The summed E-state index contributed by atoms with van der Waals surface area (Å²) in [5.74, 6) is -19.0.